The summed E-state index contributed by atoms with van der Waals surface area (Å²) in [6.45, 7) is 5.11. The van der Waals surface area contributed by atoms with Crippen molar-refractivity contribution in [3.05, 3.63) is 58.9 Å². The van der Waals surface area contributed by atoms with Crippen LogP contribution in [0, 0.1) is 0 Å². The zero-order valence-electron chi connectivity index (χ0n) is 14.8. The van der Waals surface area contributed by atoms with Crippen molar-refractivity contribution in [2.45, 2.75) is 58.3 Å². The fraction of sp³-hybridized carbons (Fsp3) is 0.476. The Bertz CT molecular complexity index is 600. The van der Waals surface area contributed by atoms with Crippen LogP contribution in [0.2, 0.25) is 5.02 Å². The van der Waals surface area contributed by atoms with Gasteiger partial charge in [-0.15, -0.1) is 0 Å². The first-order valence-electron chi connectivity index (χ1n) is 9.06. The molecule has 0 aliphatic rings. The molecule has 0 bridgehead atoms. The molecular weight excluding hydrogens is 318 g/mol. The monoisotopic (exact) mass is 345 g/mol. The SMILES string of the molecule is CCCCOc1ccc(C(CCCC)Cc2ccccn2)cc1Cl. The quantitative estimate of drug-likeness (QED) is 0.463. The van der Waals surface area contributed by atoms with Gasteiger partial charge in [0.15, 0.2) is 0 Å². The van der Waals surface area contributed by atoms with Crippen molar-refractivity contribution in [2.75, 3.05) is 6.61 Å². The van der Waals surface area contributed by atoms with E-state index >= 15 is 0 Å². The van der Waals surface area contributed by atoms with Crippen LogP contribution >= 0.6 is 11.6 Å². The smallest absolute Gasteiger partial charge is 0.137 e. The summed E-state index contributed by atoms with van der Waals surface area (Å²) < 4.78 is 5.77. The van der Waals surface area contributed by atoms with Crippen LogP contribution in [0.25, 0.3) is 0 Å². The van der Waals surface area contributed by atoms with Gasteiger partial charge in [0.25, 0.3) is 0 Å². The molecule has 0 saturated heterocycles. The Labute approximate surface area is 151 Å². The van der Waals surface area contributed by atoms with Crippen molar-refractivity contribution < 1.29 is 4.74 Å². The highest BCUT2D eigenvalue weighted by molar-refractivity contribution is 6.32. The molecule has 1 unspecified atom stereocenters. The lowest BCUT2D eigenvalue weighted by molar-refractivity contribution is 0.309. The lowest BCUT2D eigenvalue weighted by atomic mass is 9.89. The number of halogens is 1. The third-order valence-corrected chi connectivity index (χ3v) is 4.57. The topological polar surface area (TPSA) is 22.1 Å². The number of pyridine rings is 1. The number of hydrogen-bond donors (Lipinski definition) is 0. The number of unbranched alkanes of at least 4 members (excludes halogenated alkanes) is 2. The van der Waals surface area contributed by atoms with Crippen LogP contribution in [0.4, 0.5) is 0 Å². The Morgan fingerprint density at radius 3 is 2.58 bits per heavy atom. The molecule has 2 rings (SSSR count). The Balaban J connectivity index is 2.11. The van der Waals surface area contributed by atoms with Gasteiger partial charge in [0.2, 0.25) is 0 Å². The molecule has 1 aromatic carbocycles. The van der Waals surface area contributed by atoms with E-state index in [1.54, 1.807) is 0 Å². The predicted molar refractivity (Wildman–Crippen MR) is 102 cm³/mol. The third-order valence-electron chi connectivity index (χ3n) is 4.27. The minimum Gasteiger partial charge on any atom is -0.492 e. The van der Waals surface area contributed by atoms with Gasteiger partial charge in [-0.2, -0.15) is 0 Å². The first kappa shape index (κ1) is 18.8. The van der Waals surface area contributed by atoms with Crippen molar-refractivity contribution in [3.8, 4) is 5.75 Å². The van der Waals surface area contributed by atoms with E-state index in [0.717, 1.165) is 43.7 Å². The fourth-order valence-electron chi connectivity index (χ4n) is 2.82. The molecular formula is C21H28ClNO. The molecule has 1 aromatic heterocycles. The largest absolute Gasteiger partial charge is 0.492 e. The Kier molecular flexibility index (Phi) is 8.11. The lowest BCUT2D eigenvalue weighted by Gasteiger charge is -2.18. The van der Waals surface area contributed by atoms with Crippen molar-refractivity contribution >= 4 is 11.6 Å². The Morgan fingerprint density at radius 1 is 1.08 bits per heavy atom. The zero-order chi connectivity index (χ0) is 17.2. The molecule has 0 saturated carbocycles. The summed E-state index contributed by atoms with van der Waals surface area (Å²) in [7, 11) is 0. The highest BCUT2D eigenvalue weighted by Gasteiger charge is 2.15. The molecule has 3 heteroatoms. The van der Waals surface area contributed by atoms with Gasteiger partial charge in [-0.3, -0.25) is 4.98 Å². The van der Waals surface area contributed by atoms with E-state index in [4.69, 9.17) is 16.3 Å². The highest BCUT2D eigenvalue weighted by Crippen LogP contribution is 2.32. The molecule has 0 aliphatic carbocycles. The fourth-order valence-corrected chi connectivity index (χ4v) is 3.07. The van der Waals surface area contributed by atoms with Crippen molar-refractivity contribution in [1.29, 1.82) is 0 Å². The van der Waals surface area contributed by atoms with Crippen LogP contribution in [-0.4, -0.2) is 11.6 Å². The van der Waals surface area contributed by atoms with Gasteiger partial charge < -0.3 is 4.74 Å². The molecule has 0 N–H and O–H groups in total. The Hall–Kier alpha value is -1.54. The van der Waals surface area contributed by atoms with Crippen molar-refractivity contribution in [2.24, 2.45) is 0 Å². The molecule has 0 radical (unpaired) electrons. The number of benzene rings is 1. The standard InChI is InChI=1S/C21H28ClNO/c1-3-5-9-17(15-19-10-7-8-13-23-19)18-11-12-21(20(22)16-18)24-14-6-4-2/h7-8,10-13,16-17H,3-6,9,14-15H2,1-2H3. The molecule has 0 amide bonds. The van der Waals surface area contributed by atoms with E-state index in [0.29, 0.717) is 10.9 Å². The molecule has 1 heterocycles. The minimum atomic E-state index is 0.446. The highest BCUT2D eigenvalue weighted by atomic mass is 35.5. The number of ether oxygens (including phenoxy) is 1. The van der Waals surface area contributed by atoms with Gasteiger partial charge in [-0.1, -0.05) is 56.8 Å². The maximum absolute atomic E-state index is 6.45. The summed E-state index contributed by atoms with van der Waals surface area (Å²) >= 11 is 6.45. The summed E-state index contributed by atoms with van der Waals surface area (Å²) in [5.74, 6) is 1.24. The second-order valence-corrected chi connectivity index (χ2v) is 6.66. The van der Waals surface area contributed by atoms with E-state index in [1.807, 2.05) is 18.3 Å². The van der Waals surface area contributed by atoms with Gasteiger partial charge in [0, 0.05) is 11.9 Å². The molecule has 0 spiro atoms. The van der Waals surface area contributed by atoms with E-state index < -0.39 is 0 Å². The van der Waals surface area contributed by atoms with Crippen LogP contribution in [-0.2, 0) is 6.42 Å². The molecule has 24 heavy (non-hydrogen) atoms. The maximum atomic E-state index is 6.45. The summed E-state index contributed by atoms with van der Waals surface area (Å²) in [5.41, 5.74) is 2.42. The van der Waals surface area contributed by atoms with Crippen molar-refractivity contribution in [1.82, 2.24) is 4.98 Å². The van der Waals surface area contributed by atoms with Gasteiger partial charge >= 0.3 is 0 Å². The average molecular weight is 346 g/mol. The van der Waals surface area contributed by atoms with Crippen LogP contribution in [0.3, 0.4) is 0 Å². The van der Waals surface area contributed by atoms with E-state index in [9.17, 15) is 0 Å². The molecule has 1 atom stereocenters. The zero-order valence-corrected chi connectivity index (χ0v) is 15.6. The van der Waals surface area contributed by atoms with Gasteiger partial charge in [0.1, 0.15) is 5.75 Å². The second-order valence-electron chi connectivity index (χ2n) is 6.26. The maximum Gasteiger partial charge on any atom is 0.137 e. The third kappa shape index (κ3) is 5.83. The minimum absolute atomic E-state index is 0.446. The van der Waals surface area contributed by atoms with Crippen molar-refractivity contribution in [3.63, 3.8) is 0 Å². The summed E-state index contributed by atoms with van der Waals surface area (Å²) in [6, 6.07) is 12.4. The summed E-state index contributed by atoms with van der Waals surface area (Å²) in [4.78, 5) is 4.48. The number of rotatable bonds is 10. The van der Waals surface area contributed by atoms with Gasteiger partial charge in [-0.25, -0.2) is 0 Å². The first-order valence-corrected chi connectivity index (χ1v) is 9.44. The molecule has 130 valence electrons. The van der Waals surface area contributed by atoms with E-state index in [-0.39, 0.29) is 0 Å². The molecule has 2 aromatic rings. The summed E-state index contributed by atoms with van der Waals surface area (Å²) in [6.07, 6.45) is 8.56. The van der Waals surface area contributed by atoms with Crippen LogP contribution in [0.1, 0.15) is 63.1 Å². The van der Waals surface area contributed by atoms with Gasteiger partial charge in [0.05, 0.1) is 11.6 Å². The summed E-state index contributed by atoms with van der Waals surface area (Å²) in [5, 5.41) is 0.714. The van der Waals surface area contributed by atoms with Crippen LogP contribution in [0.5, 0.6) is 5.75 Å². The molecule has 0 fully saturated rings. The van der Waals surface area contributed by atoms with E-state index in [1.165, 1.54) is 18.4 Å². The lowest BCUT2D eigenvalue weighted by Crippen LogP contribution is -2.05. The molecule has 0 aliphatic heterocycles. The normalized spacial score (nSPS) is 12.1. The molecule has 2 nitrogen and oxygen atoms in total. The van der Waals surface area contributed by atoms with E-state index in [2.05, 4.69) is 43.1 Å². The van der Waals surface area contributed by atoms with Gasteiger partial charge in [-0.05, 0) is 55.0 Å². The first-order chi connectivity index (χ1) is 11.7. The average Bonchev–Trinajstić information content (AvgIpc) is 2.61. The Morgan fingerprint density at radius 2 is 1.92 bits per heavy atom. The second kappa shape index (κ2) is 10.4. The predicted octanol–water partition coefficient (Wildman–Crippen LogP) is 6.43. The number of nitrogens with zero attached hydrogens (tertiary/aromatic N) is 1. The number of hydrogen-bond acceptors (Lipinski definition) is 2. The number of aromatic nitrogens is 1. The van der Waals surface area contributed by atoms with Crippen LogP contribution in [0.15, 0.2) is 42.6 Å². The van der Waals surface area contributed by atoms with Crippen LogP contribution < -0.4 is 4.74 Å².